The van der Waals surface area contributed by atoms with Gasteiger partial charge in [0.15, 0.2) is 0 Å². The number of aromatic nitrogens is 3. The molecule has 6 heterocycles. The normalized spacial score (nSPS) is 14.3. The van der Waals surface area contributed by atoms with Crippen molar-refractivity contribution < 1.29 is 4.74 Å². The lowest BCUT2D eigenvalue weighted by Gasteiger charge is -2.50. The summed E-state index contributed by atoms with van der Waals surface area (Å²) < 4.78 is 9.01. The Morgan fingerprint density at radius 1 is 0.453 bits per heavy atom. The maximum absolute atomic E-state index is 6.73. The number of para-hydroxylation sites is 2. The SMILES string of the molecule is c1ccc(-n2c3cccnc3c3nc(B4c5ccccc5C5(c6ccccc64)c4ccccc4B4c6ccccc6Oc6cccc5c64)ccc32)cc1. The van der Waals surface area contributed by atoms with Crippen molar-refractivity contribution in [3.63, 3.8) is 0 Å². The van der Waals surface area contributed by atoms with E-state index in [2.05, 4.69) is 168 Å². The van der Waals surface area contributed by atoms with Crippen molar-refractivity contribution in [2.75, 3.05) is 0 Å². The largest absolute Gasteiger partial charge is 0.458 e. The number of rotatable bonds is 2. The highest BCUT2D eigenvalue weighted by atomic mass is 16.5. The molecule has 3 aliphatic heterocycles. The summed E-state index contributed by atoms with van der Waals surface area (Å²) in [5, 5.41) is 0. The number of hydrogen-bond acceptors (Lipinski definition) is 3. The summed E-state index contributed by atoms with van der Waals surface area (Å²) in [5.74, 6) is 1.87. The van der Waals surface area contributed by atoms with Crippen LogP contribution in [0.1, 0.15) is 22.3 Å². The molecule has 9 aromatic rings. The highest BCUT2D eigenvalue weighted by Gasteiger charge is 2.55. The number of benzene rings is 6. The topological polar surface area (TPSA) is 39.9 Å². The van der Waals surface area contributed by atoms with E-state index in [0.717, 1.165) is 44.8 Å². The molecule has 3 aliphatic rings. The third-order valence-electron chi connectivity index (χ3n) is 11.9. The van der Waals surface area contributed by atoms with Crippen LogP contribution in [0.2, 0.25) is 0 Å². The average Bonchev–Trinajstić information content (AvgIpc) is 3.56. The Bertz CT molecular complexity index is 2930. The third-order valence-corrected chi connectivity index (χ3v) is 11.9. The molecule has 53 heavy (non-hydrogen) atoms. The quantitative estimate of drug-likeness (QED) is 0.221. The van der Waals surface area contributed by atoms with Crippen molar-refractivity contribution in [1.29, 1.82) is 0 Å². The monoisotopic (exact) mass is 673 g/mol. The first kappa shape index (κ1) is 29.0. The van der Waals surface area contributed by atoms with E-state index < -0.39 is 5.41 Å². The molecule has 6 heteroatoms. The van der Waals surface area contributed by atoms with Crippen molar-refractivity contribution in [3.8, 4) is 17.2 Å². The average molecular weight is 673 g/mol. The lowest BCUT2D eigenvalue weighted by atomic mass is 9.26. The van der Waals surface area contributed by atoms with Crippen LogP contribution < -0.4 is 37.6 Å². The molecular formula is C47H29B2N3O. The Labute approximate surface area is 307 Å². The van der Waals surface area contributed by atoms with Crippen molar-refractivity contribution >= 4 is 68.4 Å². The van der Waals surface area contributed by atoms with Gasteiger partial charge in [0.2, 0.25) is 0 Å². The first-order valence-corrected chi connectivity index (χ1v) is 18.3. The van der Waals surface area contributed by atoms with Gasteiger partial charge in [-0.3, -0.25) is 9.97 Å². The second-order valence-corrected chi connectivity index (χ2v) is 14.4. The van der Waals surface area contributed by atoms with Crippen molar-refractivity contribution in [3.05, 3.63) is 198 Å². The molecule has 4 nitrogen and oxygen atoms in total. The Hall–Kier alpha value is -6.65. The van der Waals surface area contributed by atoms with E-state index in [1.807, 2.05) is 12.3 Å². The van der Waals surface area contributed by atoms with Gasteiger partial charge in [0.1, 0.15) is 22.5 Å². The molecule has 0 bridgehead atoms. The van der Waals surface area contributed by atoms with E-state index >= 15 is 0 Å². The Balaban J connectivity index is 1.15. The van der Waals surface area contributed by atoms with E-state index in [1.54, 1.807) is 0 Å². The maximum Gasteiger partial charge on any atom is 0.265 e. The van der Waals surface area contributed by atoms with Gasteiger partial charge in [-0.25, -0.2) is 0 Å². The van der Waals surface area contributed by atoms with Gasteiger partial charge < -0.3 is 9.30 Å². The van der Waals surface area contributed by atoms with Gasteiger partial charge >= 0.3 is 0 Å². The first-order chi connectivity index (χ1) is 26.3. The van der Waals surface area contributed by atoms with E-state index in [1.165, 1.54) is 49.6 Å². The molecule has 0 saturated heterocycles. The van der Waals surface area contributed by atoms with E-state index in [0.29, 0.717) is 0 Å². The second kappa shape index (κ2) is 10.7. The fraction of sp³-hybridized carbons (Fsp3) is 0.0213. The molecule has 0 aliphatic carbocycles. The molecule has 12 rings (SSSR count). The zero-order valence-electron chi connectivity index (χ0n) is 28.6. The van der Waals surface area contributed by atoms with Crippen LogP contribution in [0.4, 0.5) is 0 Å². The van der Waals surface area contributed by atoms with Crippen LogP contribution in [0.5, 0.6) is 11.5 Å². The van der Waals surface area contributed by atoms with Crippen LogP contribution in [0.3, 0.4) is 0 Å². The summed E-state index contributed by atoms with van der Waals surface area (Å²) in [6, 6.07) is 61.6. The van der Waals surface area contributed by atoms with Gasteiger partial charge in [0, 0.05) is 17.5 Å². The van der Waals surface area contributed by atoms with E-state index in [9.17, 15) is 0 Å². The molecule has 0 amide bonds. The highest BCUT2D eigenvalue weighted by molar-refractivity contribution is 6.98. The van der Waals surface area contributed by atoms with Crippen LogP contribution in [0.25, 0.3) is 27.8 Å². The fourth-order valence-electron chi connectivity index (χ4n) is 10.0. The van der Waals surface area contributed by atoms with Crippen molar-refractivity contribution in [2.24, 2.45) is 0 Å². The fourth-order valence-corrected chi connectivity index (χ4v) is 10.0. The molecule has 3 aromatic heterocycles. The lowest BCUT2D eigenvalue weighted by Crippen LogP contribution is -2.68. The maximum atomic E-state index is 6.73. The Morgan fingerprint density at radius 3 is 1.77 bits per heavy atom. The lowest BCUT2D eigenvalue weighted by molar-refractivity contribution is 0.486. The van der Waals surface area contributed by atoms with Crippen LogP contribution in [0, 0.1) is 0 Å². The molecular weight excluding hydrogens is 644 g/mol. The van der Waals surface area contributed by atoms with Gasteiger partial charge in [-0.05, 0) is 81.7 Å². The summed E-state index contributed by atoms with van der Waals surface area (Å²) in [5.41, 5.74) is 17.0. The number of ether oxygens (including phenoxy) is 1. The first-order valence-electron chi connectivity index (χ1n) is 18.3. The van der Waals surface area contributed by atoms with E-state index in [4.69, 9.17) is 14.7 Å². The zero-order chi connectivity index (χ0) is 34.7. The highest BCUT2D eigenvalue weighted by Crippen LogP contribution is 2.48. The smallest absolute Gasteiger partial charge is 0.265 e. The number of fused-ring (bicyclic) bond motifs is 13. The summed E-state index contributed by atoms with van der Waals surface area (Å²) in [6.45, 7) is -0.0128. The standard InChI is InChI=1S/C47H29B2N3O/c1-2-14-30(15-3-1)52-39-24-13-29-50-45(39)46-40(52)27-28-43(51-46)48-35-20-7-4-16-31(35)47(32-17-5-8-21-36(32)48)33-18-6-9-22-37(33)49-38-23-10-11-25-41(38)53-42-26-12-19-34(47)44(42)49/h1-29H. The van der Waals surface area contributed by atoms with Gasteiger partial charge in [-0.2, -0.15) is 0 Å². The summed E-state index contributed by atoms with van der Waals surface area (Å²) in [7, 11) is 0. The minimum Gasteiger partial charge on any atom is -0.458 e. The molecule has 1 spiro atoms. The molecule has 0 fully saturated rings. The number of hydrogen-bond donors (Lipinski definition) is 0. The minimum atomic E-state index is -0.563. The minimum absolute atomic E-state index is 0.0727. The summed E-state index contributed by atoms with van der Waals surface area (Å²) in [6.07, 6.45) is 1.87. The van der Waals surface area contributed by atoms with Gasteiger partial charge in [0.05, 0.1) is 16.4 Å². The summed E-state index contributed by atoms with van der Waals surface area (Å²) in [4.78, 5) is 10.5. The molecule has 244 valence electrons. The number of nitrogens with zero attached hydrogens (tertiary/aromatic N) is 3. The van der Waals surface area contributed by atoms with Crippen LogP contribution >= 0.6 is 0 Å². The van der Waals surface area contributed by atoms with Crippen LogP contribution in [-0.4, -0.2) is 28.0 Å². The molecule has 6 aromatic carbocycles. The molecule has 0 atom stereocenters. The Kier molecular flexibility index (Phi) is 5.85. The predicted molar refractivity (Wildman–Crippen MR) is 217 cm³/mol. The molecule has 0 radical (unpaired) electrons. The summed E-state index contributed by atoms with van der Waals surface area (Å²) >= 11 is 0. The van der Waals surface area contributed by atoms with Crippen LogP contribution in [0.15, 0.2) is 176 Å². The molecule has 0 N–H and O–H groups in total. The molecule has 0 unspecified atom stereocenters. The van der Waals surface area contributed by atoms with Gasteiger partial charge in [0.25, 0.3) is 13.4 Å². The molecule has 0 saturated carbocycles. The Morgan fingerprint density at radius 2 is 1.04 bits per heavy atom. The van der Waals surface area contributed by atoms with Gasteiger partial charge in [-0.15, -0.1) is 0 Å². The number of pyridine rings is 2. The third kappa shape index (κ3) is 3.72. The van der Waals surface area contributed by atoms with Crippen molar-refractivity contribution in [1.82, 2.24) is 14.5 Å². The van der Waals surface area contributed by atoms with Crippen molar-refractivity contribution in [2.45, 2.75) is 5.41 Å². The second-order valence-electron chi connectivity index (χ2n) is 14.4. The van der Waals surface area contributed by atoms with Gasteiger partial charge in [-0.1, -0.05) is 138 Å². The van der Waals surface area contributed by atoms with Crippen LogP contribution in [-0.2, 0) is 5.41 Å². The van der Waals surface area contributed by atoms with E-state index in [-0.39, 0.29) is 13.4 Å². The predicted octanol–water partition coefficient (Wildman–Crippen LogP) is 5.72. The zero-order valence-corrected chi connectivity index (χ0v) is 28.6.